The summed E-state index contributed by atoms with van der Waals surface area (Å²) in [4.78, 5) is 24.5. The lowest BCUT2D eigenvalue weighted by molar-refractivity contribution is 0.0991. The van der Waals surface area contributed by atoms with Crippen molar-refractivity contribution in [3.05, 3.63) is 82.9 Å². The molecule has 0 aliphatic carbocycles. The lowest BCUT2D eigenvalue weighted by Gasteiger charge is -2.22. The van der Waals surface area contributed by atoms with Crippen molar-refractivity contribution in [1.82, 2.24) is 9.97 Å². The fraction of sp³-hybridized carbons (Fsp3) is 0.174. The second-order valence-electron chi connectivity index (χ2n) is 6.83. The van der Waals surface area contributed by atoms with Gasteiger partial charge in [-0.3, -0.25) is 9.78 Å². The molecule has 0 unspecified atom stereocenters. The molecule has 3 heterocycles. The molecule has 3 aromatic rings. The molecule has 1 amide bonds. The van der Waals surface area contributed by atoms with E-state index in [2.05, 4.69) is 16.0 Å². The maximum absolute atomic E-state index is 13.5. The quantitative estimate of drug-likeness (QED) is 0.662. The molecular weight excluding hydrogens is 380 g/mol. The number of carbonyl (C=O) groups excluding carboxylic acids is 1. The second-order valence-corrected chi connectivity index (χ2v) is 7.69. The third kappa shape index (κ3) is 4.27. The van der Waals surface area contributed by atoms with Gasteiger partial charge in [-0.15, -0.1) is 11.3 Å². The van der Waals surface area contributed by atoms with E-state index < -0.39 is 0 Å². The number of anilines is 2. The minimum absolute atomic E-state index is 0.0808. The number of amides is 1. The van der Waals surface area contributed by atoms with E-state index in [0.717, 1.165) is 36.2 Å². The van der Waals surface area contributed by atoms with Crippen molar-refractivity contribution in [2.45, 2.75) is 19.3 Å². The Hall–Kier alpha value is -3.25. The zero-order valence-corrected chi connectivity index (χ0v) is 16.8. The summed E-state index contributed by atoms with van der Waals surface area (Å²) in [6.07, 6.45) is 6.51. The third-order valence-electron chi connectivity index (χ3n) is 4.91. The van der Waals surface area contributed by atoms with E-state index in [1.165, 1.54) is 16.9 Å². The van der Waals surface area contributed by atoms with Crippen LogP contribution in [-0.2, 0) is 6.42 Å². The minimum atomic E-state index is -0.0808. The molecule has 1 aliphatic rings. The Kier molecular flexibility index (Phi) is 5.81. The maximum Gasteiger partial charge on any atom is 0.270 e. The van der Waals surface area contributed by atoms with E-state index in [4.69, 9.17) is 5.73 Å². The van der Waals surface area contributed by atoms with Crippen LogP contribution in [0, 0.1) is 0 Å². The summed E-state index contributed by atoms with van der Waals surface area (Å²) in [5, 5.41) is 0. The number of aromatic nitrogens is 2. The zero-order chi connectivity index (χ0) is 20.1. The Labute approximate surface area is 174 Å². The van der Waals surface area contributed by atoms with Gasteiger partial charge in [-0.25, -0.2) is 4.98 Å². The first-order valence-corrected chi connectivity index (χ1v) is 10.5. The Morgan fingerprint density at radius 3 is 2.79 bits per heavy atom. The summed E-state index contributed by atoms with van der Waals surface area (Å²) in [5.41, 5.74) is 12.3. The summed E-state index contributed by atoms with van der Waals surface area (Å²) in [6, 6.07) is 17.4. The molecule has 0 spiro atoms. The number of benzene rings is 1. The number of nitrogens with two attached hydrogens (primary N) is 1. The molecular formula is C23H22N4OS. The van der Waals surface area contributed by atoms with E-state index in [9.17, 15) is 4.79 Å². The molecule has 6 heteroatoms. The normalized spacial score (nSPS) is 13.2. The van der Waals surface area contributed by atoms with Crippen molar-refractivity contribution in [1.29, 1.82) is 0 Å². The van der Waals surface area contributed by atoms with Crippen LogP contribution in [-0.4, -0.2) is 22.4 Å². The highest BCUT2D eigenvalue weighted by Crippen LogP contribution is 2.29. The monoisotopic (exact) mass is 402 g/mol. The average Bonchev–Trinajstić information content (AvgIpc) is 2.92. The number of rotatable bonds is 2. The van der Waals surface area contributed by atoms with E-state index in [1.807, 2.05) is 47.4 Å². The molecule has 2 N–H and O–H groups in total. The summed E-state index contributed by atoms with van der Waals surface area (Å²) >= 11 is 1.26. The van der Waals surface area contributed by atoms with Crippen molar-refractivity contribution in [2.75, 3.05) is 17.2 Å². The van der Waals surface area contributed by atoms with Gasteiger partial charge in [-0.05, 0) is 55.2 Å². The highest BCUT2D eigenvalue weighted by Gasteiger charge is 2.23. The van der Waals surface area contributed by atoms with Crippen LogP contribution in [0.2, 0.25) is 0 Å². The number of aryl methyl sites for hydroxylation is 1. The lowest BCUT2D eigenvalue weighted by atomic mass is 10.1. The van der Waals surface area contributed by atoms with Gasteiger partial charge in [-0.1, -0.05) is 24.3 Å². The number of para-hydroxylation sites is 1. The topological polar surface area (TPSA) is 72.1 Å². The number of hydrogen-bond donors (Lipinski definition) is 1. The van der Waals surface area contributed by atoms with Crippen LogP contribution in [0.25, 0.3) is 11.3 Å². The second kappa shape index (κ2) is 8.84. The molecule has 0 atom stereocenters. The van der Waals surface area contributed by atoms with Crippen LogP contribution in [0.3, 0.4) is 0 Å². The lowest BCUT2D eigenvalue weighted by Crippen LogP contribution is -2.31. The molecule has 0 bridgehead atoms. The van der Waals surface area contributed by atoms with Gasteiger partial charge >= 0.3 is 0 Å². The molecule has 5 nitrogen and oxygen atoms in total. The van der Waals surface area contributed by atoms with Crippen molar-refractivity contribution in [3.63, 3.8) is 0 Å². The number of pyridine rings is 1. The number of carbonyl (C=O) groups is 1. The van der Waals surface area contributed by atoms with Crippen molar-refractivity contribution in [2.24, 2.45) is 0 Å². The van der Waals surface area contributed by atoms with E-state index >= 15 is 0 Å². The van der Waals surface area contributed by atoms with Crippen molar-refractivity contribution < 1.29 is 4.79 Å². The van der Waals surface area contributed by atoms with Gasteiger partial charge in [0.1, 0.15) is 4.88 Å². The summed E-state index contributed by atoms with van der Waals surface area (Å²) in [7, 11) is 0. The van der Waals surface area contributed by atoms with Crippen LogP contribution in [0.1, 0.15) is 28.1 Å². The standard InChI is InChI=1S/C23H22N4OS/c24-19-10-5-11-20(18-9-6-13-25-15-18)26-16-29-22(19)23(28)27-14-4-3-8-17-7-1-2-12-21(17)27/h1-2,5-7,9-13,15-16H,3-4,8,14,24H2. The summed E-state index contributed by atoms with van der Waals surface area (Å²) in [5.74, 6) is -0.0808. The van der Waals surface area contributed by atoms with Gasteiger partial charge in [0.15, 0.2) is 0 Å². The van der Waals surface area contributed by atoms with Crippen LogP contribution in [0.4, 0.5) is 11.4 Å². The molecule has 4 rings (SSSR count). The fourth-order valence-electron chi connectivity index (χ4n) is 3.45. The first-order chi connectivity index (χ1) is 14.2. The van der Waals surface area contributed by atoms with E-state index in [-0.39, 0.29) is 5.91 Å². The average molecular weight is 403 g/mol. The summed E-state index contributed by atoms with van der Waals surface area (Å²) in [6.45, 7) is 0.688. The molecule has 1 aromatic carbocycles. The van der Waals surface area contributed by atoms with Crippen LogP contribution in [0.5, 0.6) is 0 Å². The molecule has 0 saturated carbocycles. The van der Waals surface area contributed by atoms with Gasteiger partial charge in [0.2, 0.25) is 0 Å². The maximum atomic E-state index is 13.5. The molecule has 29 heavy (non-hydrogen) atoms. The predicted octanol–water partition coefficient (Wildman–Crippen LogP) is 4.89. The zero-order valence-electron chi connectivity index (χ0n) is 16.0. The number of nitrogens with zero attached hydrogens (tertiary/aromatic N) is 3. The van der Waals surface area contributed by atoms with Gasteiger partial charge in [0.25, 0.3) is 5.91 Å². The minimum Gasteiger partial charge on any atom is -0.397 e. The van der Waals surface area contributed by atoms with Gasteiger partial charge in [0, 0.05) is 30.2 Å². The molecule has 0 fully saturated rings. The summed E-state index contributed by atoms with van der Waals surface area (Å²) < 4.78 is 0. The molecule has 2 aromatic heterocycles. The SMILES string of the molecule is Nc1cccc(-c2cccnc2)ncsc1C(=O)N1CCCCc2ccccc21. The number of fused-ring (bicyclic) bond motifs is 1. The first-order valence-electron chi connectivity index (χ1n) is 9.61. The van der Waals surface area contributed by atoms with Gasteiger partial charge in [-0.2, -0.15) is 0 Å². The highest BCUT2D eigenvalue weighted by molar-refractivity contribution is 7.12. The number of hydrogen-bond acceptors (Lipinski definition) is 5. The van der Waals surface area contributed by atoms with Crippen LogP contribution < -0.4 is 10.6 Å². The molecule has 0 radical (unpaired) electrons. The fourth-order valence-corrected chi connectivity index (χ4v) is 4.14. The predicted molar refractivity (Wildman–Crippen MR) is 118 cm³/mol. The number of nitrogen functional groups attached to an aromatic ring is 1. The Morgan fingerprint density at radius 1 is 1.03 bits per heavy atom. The largest absolute Gasteiger partial charge is 0.397 e. The van der Waals surface area contributed by atoms with Crippen molar-refractivity contribution in [3.8, 4) is 11.3 Å². The third-order valence-corrected chi connectivity index (χ3v) is 5.77. The molecule has 0 saturated heterocycles. The Bertz CT molecular complexity index is 1060. The smallest absolute Gasteiger partial charge is 0.270 e. The molecule has 1 aliphatic heterocycles. The Morgan fingerprint density at radius 2 is 1.93 bits per heavy atom. The van der Waals surface area contributed by atoms with Crippen molar-refractivity contribution >= 4 is 28.6 Å². The van der Waals surface area contributed by atoms with Crippen LogP contribution in [0.15, 0.2) is 72.5 Å². The highest BCUT2D eigenvalue weighted by atomic mass is 32.1. The first kappa shape index (κ1) is 19.1. The Balaban J connectivity index is 1.74. The van der Waals surface area contributed by atoms with E-state index in [1.54, 1.807) is 24.0 Å². The molecule has 146 valence electrons. The van der Waals surface area contributed by atoms with Gasteiger partial charge < -0.3 is 10.6 Å². The van der Waals surface area contributed by atoms with Crippen LogP contribution >= 0.6 is 11.3 Å². The van der Waals surface area contributed by atoms with Gasteiger partial charge in [0.05, 0.1) is 16.9 Å². The van der Waals surface area contributed by atoms with E-state index in [0.29, 0.717) is 17.1 Å².